The molecule has 0 saturated carbocycles. The van der Waals surface area contributed by atoms with Crippen molar-refractivity contribution in [3.05, 3.63) is 56.9 Å². The van der Waals surface area contributed by atoms with Gasteiger partial charge in [0, 0.05) is 12.4 Å². The highest BCUT2D eigenvalue weighted by Crippen LogP contribution is 2.18. The Morgan fingerprint density at radius 1 is 1.29 bits per heavy atom. The molecule has 0 aliphatic carbocycles. The standard InChI is InChI=1S/C12H12N2O3/c1-8-7-9(17-2)3-4-10(8)14-6-5-13-11(15)12(14)16/h3-7H,1-2H3,(H,13,15). The Morgan fingerprint density at radius 2 is 2.06 bits per heavy atom. The second-order valence-corrected chi connectivity index (χ2v) is 3.62. The first kappa shape index (κ1) is 11.2. The Bertz CT molecular complexity index is 655. The molecule has 0 aliphatic rings. The Kier molecular flexibility index (Phi) is 2.82. The molecule has 0 radical (unpaired) electrons. The number of ether oxygens (including phenoxy) is 1. The van der Waals surface area contributed by atoms with Crippen molar-refractivity contribution in [2.45, 2.75) is 6.92 Å². The molecule has 1 aromatic carbocycles. The summed E-state index contributed by atoms with van der Waals surface area (Å²) in [6, 6.07) is 5.30. The van der Waals surface area contributed by atoms with Crippen molar-refractivity contribution < 1.29 is 4.74 Å². The summed E-state index contributed by atoms with van der Waals surface area (Å²) in [6.07, 6.45) is 2.96. The predicted octanol–water partition coefficient (Wildman–Crippen LogP) is 0.843. The van der Waals surface area contributed by atoms with Gasteiger partial charge < -0.3 is 9.72 Å². The van der Waals surface area contributed by atoms with Crippen LogP contribution >= 0.6 is 0 Å². The smallest absolute Gasteiger partial charge is 0.320 e. The highest BCUT2D eigenvalue weighted by molar-refractivity contribution is 5.44. The van der Waals surface area contributed by atoms with E-state index in [1.54, 1.807) is 19.2 Å². The van der Waals surface area contributed by atoms with Crippen LogP contribution in [0.2, 0.25) is 0 Å². The van der Waals surface area contributed by atoms with Gasteiger partial charge in [0.1, 0.15) is 5.75 Å². The number of benzene rings is 1. The number of hydrogen-bond acceptors (Lipinski definition) is 3. The van der Waals surface area contributed by atoms with E-state index in [9.17, 15) is 9.59 Å². The van der Waals surface area contributed by atoms with Crippen molar-refractivity contribution in [3.8, 4) is 11.4 Å². The number of methoxy groups -OCH3 is 1. The lowest BCUT2D eigenvalue weighted by molar-refractivity contribution is 0.414. The highest BCUT2D eigenvalue weighted by Gasteiger charge is 2.06. The zero-order valence-electron chi connectivity index (χ0n) is 9.56. The topological polar surface area (TPSA) is 64.1 Å². The van der Waals surface area contributed by atoms with Gasteiger partial charge in [-0.05, 0) is 30.7 Å². The number of H-pyrrole nitrogens is 1. The van der Waals surface area contributed by atoms with Gasteiger partial charge in [0.15, 0.2) is 0 Å². The van der Waals surface area contributed by atoms with Gasteiger partial charge in [0.2, 0.25) is 0 Å². The fourth-order valence-corrected chi connectivity index (χ4v) is 1.64. The summed E-state index contributed by atoms with van der Waals surface area (Å²) in [7, 11) is 1.58. The van der Waals surface area contributed by atoms with Crippen LogP contribution in [-0.4, -0.2) is 16.7 Å². The minimum Gasteiger partial charge on any atom is -0.497 e. The number of nitrogens with zero attached hydrogens (tertiary/aromatic N) is 1. The average Bonchev–Trinajstić information content (AvgIpc) is 2.33. The van der Waals surface area contributed by atoms with Gasteiger partial charge in [0.05, 0.1) is 12.8 Å². The summed E-state index contributed by atoms with van der Waals surface area (Å²) in [5.41, 5.74) is 0.294. The Balaban J connectivity index is 2.65. The van der Waals surface area contributed by atoms with Gasteiger partial charge >= 0.3 is 11.1 Å². The predicted molar refractivity (Wildman–Crippen MR) is 63.9 cm³/mol. The lowest BCUT2D eigenvalue weighted by atomic mass is 10.2. The second kappa shape index (κ2) is 4.29. The molecule has 0 saturated heterocycles. The van der Waals surface area contributed by atoms with E-state index in [2.05, 4.69) is 4.98 Å². The third kappa shape index (κ3) is 1.99. The third-order valence-corrected chi connectivity index (χ3v) is 2.51. The zero-order chi connectivity index (χ0) is 12.4. The molecule has 0 bridgehead atoms. The molecular weight excluding hydrogens is 220 g/mol. The van der Waals surface area contributed by atoms with Crippen molar-refractivity contribution in [2.75, 3.05) is 7.11 Å². The minimum atomic E-state index is -0.636. The van der Waals surface area contributed by atoms with Crippen LogP contribution in [-0.2, 0) is 0 Å². The maximum absolute atomic E-state index is 11.7. The molecule has 2 aromatic rings. The fraction of sp³-hybridized carbons (Fsp3) is 0.167. The van der Waals surface area contributed by atoms with Gasteiger partial charge in [-0.2, -0.15) is 0 Å². The van der Waals surface area contributed by atoms with Crippen LogP contribution < -0.4 is 15.9 Å². The van der Waals surface area contributed by atoms with E-state index >= 15 is 0 Å². The van der Waals surface area contributed by atoms with E-state index in [4.69, 9.17) is 4.74 Å². The minimum absolute atomic E-state index is 0.597. The molecule has 0 fully saturated rings. The largest absolute Gasteiger partial charge is 0.497 e. The average molecular weight is 232 g/mol. The van der Waals surface area contributed by atoms with E-state index in [-0.39, 0.29) is 0 Å². The lowest BCUT2D eigenvalue weighted by Crippen LogP contribution is -2.34. The SMILES string of the molecule is COc1ccc(-n2cc[nH]c(=O)c2=O)c(C)c1. The van der Waals surface area contributed by atoms with E-state index in [1.165, 1.54) is 17.0 Å². The summed E-state index contributed by atoms with van der Waals surface area (Å²) in [4.78, 5) is 25.2. The van der Waals surface area contributed by atoms with Crippen LogP contribution in [0.5, 0.6) is 5.75 Å². The Labute approximate surface area is 97.3 Å². The number of nitrogens with one attached hydrogen (secondary N) is 1. The number of hydrogen-bond donors (Lipinski definition) is 1. The first-order valence-electron chi connectivity index (χ1n) is 5.09. The fourth-order valence-electron chi connectivity index (χ4n) is 1.64. The first-order valence-corrected chi connectivity index (χ1v) is 5.09. The monoisotopic (exact) mass is 232 g/mol. The maximum Gasteiger partial charge on any atom is 0.320 e. The van der Waals surface area contributed by atoms with E-state index in [1.807, 2.05) is 13.0 Å². The zero-order valence-corrected chi connectivity index (χ0v) is 9.56. The summed E-state index contributed by atoms with van der Waals surface area (Å²) < 4.78 is 6.40. The summed E-state index contributed by atoms with van der Waals surface area (Å²) in [6.45, 7) is 1.85. The number of rotatable bonds is 2. The molecule has 0 unspecified atom stereocenters. The molecule has 0 atom stereocenters. The third-order valence-electron chi connectivity index (χ3n) is 2.51. The number of aromatic nitrogens is 2. The molecule has 0 spiro atoms. The molecule has 88 valence electrons. The highest BCUT2D eigenvalue weighted by atomic mass is 16.5. The van der Waals surface area contributed by atoms with Crippen LogP contribution in [0.25, 0.3) is 5.69 Å². The first-order chi connectivity index (χ1) is 8.13. The van der Waals surface area contributed by atoms with Gasteiger partial charge in [-0.3, -0.25) is 14.2 Å². The van der Waals surface area contributed by atoms with E-state index in [0.717, 1.165) is 5.56 Å². The van der Waals surface area contributed by atoms with Gasteiger partial charge in [-0.25, -0.2) is 0 Å². The quantitative estimate of drug-likeness (QED) is 0.780. The molecule has 5 heteroatoms. The van der Waals surface area contributed by atoms with Gasteiger partial charge in [-0.15, -0.1) is 0 Å². The van der Waals surface area contributed by atoms with Crippen molar-refractivity contribution in [2.24, 2.45) is 0 Å². The number of aryl methyl sites for hydroxylation is 1. The van der Waals surface area contributed by atoms with Crippen LogP contribution in [0, 0.1) is 6.92 Å². The van der Waals surface area contributed by atoms with E-state index < -0.39 is 11.1 Å². The molecule has 1 heterocycles. The number of aromatic amines is 1. The molecule has 0 aliphatic heterocycles. The van der Waals surface area contributed by atoms with E-state index in [0.29, 0.717) is 11.4 Å². The molecule has 2 rings (SSSR count). The Morgan fingerprint density at radius 3 is 2.71 bits per heavy atom. The van der Waals surface area contributed by atoms with Crippen molar-refractivity contribution in [1.82, 2.24) is 9.55 Å². The van der Waals surface area contributed by atoms with Crippen molar-refractivity contribution in [3.63, 3.8) is 0 Å². The van der Waals surface area contributed by atoms with Gasteiger partial charge in [0.25, 0.3) is 0 Å². The maximum atomic E-state index is 11.7. The second-order valence-electron chi connectivity index (χ2n) is 3.62. The summed E-state index contributed by atoms with van der Waals surface area (Å²) in [5, 5.41) is 0. The van der Waals surface area contributed by atoms with Crippen molar-refractivity contribution >= 4 is 0 Å². The molecule has 5 nitrogen and oxygen atoms in total. The molecule has 1 aromatic heterocycles. The summed E-state index contributed by atoms with van der Waals surface area (Å²) >= 11 is 0. The van der Waals surface area contributed by atoms with Crippen LogP contribution in [0.3, 0.4) is 0 Å². The Hall–Kier alpha value is -2.30. The van der Waals surface area contributed by atoms with Crippen LogP contribution in [0.15, 0.2) is 40.2 Å². The molecule has 1 N–H and O–H groups in total. The van der Waals surface area contributed by atoms with Crippen LogP contribution in [0.1, 0.15) is 5.56 Å². The normalized spacial score (nSPS) is 10.2. The van der Waals surface area contributed by atoms with Crippen molar-refractivity contribution in [1.29, 1.82) is 0 Å². The lowest BCUT2D eigenvalue weighted by Gasteiger charge is -2.09. The summed E-state index contributed by atoms with van der Waals surface area (Å²) in [5.74, 6) is 0.712. The van der Waals surface area contributed by atoms with Crippen LogP contribution in [0.4, 0.5) is 0 Å². The molecule has 17 heavy (non-hydrogen) atoms. The van der Waals surface area contributed by atoms with Gasteiger partial charge in [-0.1, -0.05) is 0 Å². The molecular formula is C12H12N2O3. The molecule has 0 amide bonds.